The molecular formula is C8H4BrNO3. The molecule has 0 atom stereocenters. The van der Waals surface area contributed by atoms with Gasteiger partial charge in [0.15, 0.2) is 0 Å². The maximum absolute atomic E-state index is 10.6. The lowest BCUT2D eigenvalue weighted by atomic mass is 10.2. The second-order valence-electron chi connectivity index (χ2n) is 2.32. The summed E-state index contributed by atoms with van der Waals surface area (Å²) in [5.74, 6) is -0.622. The molecule has 2 aromatic rings. The van der Waals surface area contributed by atoms with Crippen LogP contribution >= 0.6 is 15.9 Å². The van der Waals surface area contributed by atoms with Crippen molar-refractivity contribution in [2.45, 2.75) is 0 Å². The molecule has 0 radical (unpaired) electrons. The standard InChI is InChI=1S/C8H4BrNO3/c9-6-4-2-1-3-5(6)7-10-13-8(11)12-7/h1-4H. The van der Waals surface area contributed by atoms with Crippen LogP contribution in [0.5, 0.6) is 0 Å². The van der Waals surface area contributed by atoms with Gasteiger partial charge >= 0.3 is 5.82 Å². The maximum Gasteiger partial charge on any atom is 0.542 e. The Balaban J connectivity index is 2.58. The number of aromatic nitrogens is 1. The van der Waals surface area contributed by atoms with Gasteiger partial charge in [0.2, 0.25) is 0 Å². The monoisotopic (exact) mass is 241 g/mol. The molecule has 2 rings (SSSR count). The minimum absolute atomic E-state index is 0.178. The molecule has 0 bridgehead atoms. The van der Waals surface area contributed by atoms with Gasteiger partial charge in [0.05, 0.1) is 5.56 Å². The van der Waals surface area contributed by atoms with E-state index in [0.29, 0.717) is 5.56 Å². The van der Waals surface area contributed by atoms with Crippen molar-refractivity contribution >= 4 is 15.9 Å². The molecule has 0 amide bonds. The number of hydrogen-bond acceptors (Lipinski definition) is 4. The molecule has 5 heteroatoms. The fourth-order valence-corrected chi connectivity index (χ4v) is 1.39. The van der Waals surface area contributed by atoms with Gasteiger partial charge in [-0.3, -0.25) is 4.52 Å². The summed E-state index contributed by atoms with van der Waals surface area (Å²) in [6, 6.07) is 7.26. The molecule has 1 heterocycles. The van der Waals surface area contributed by atoms with E-state index in [9.17, 15) is 4.79 Å². The molecule has 66 valence electrons. The molecule has 1 aromatic carbocycles. The van der Waals surface area contributed by atoms with Crippen molar-refractivity contribution < 1.29 is 8.94 Å². The lowest BCUT2D eigenvalue weighted by molar-refractivity contribution is 0.335. The Kier molecular flexibility index (Phi) is 2.02. The van der Waals surface area contributed by atoms with Crippen molar-refractivity contribution in [1.82, 2.24) is 5.16 Å². The van der Waals surface area contributed by atoms with Gasteiger partial charge in [0.25, 0.3) is 5.89 Å². The predicted molar refractivity (Wildman–Crippen MR) is 48.2 cm³/mol. The summed E-state index contributed by atoms with van der Waals surface area (Å²) in [5.41, 5.74) is 0.688. The molecule has 0 aliphatic carbocycles. The van der Waals surface area contributed by atoms with E-state index in [1.807, 2.05) is 18.2 Å². The highest BCUT2D eigenvalue weighted by Crippen LogP contribution is 2.25. The Morgan fingerprint density at radius 2 is 2.08 bits per heavy atom. The Labute approximate surface area is 81.3 Å². The minimum atomic E-state index is -0.800. The smallest absolute Gasteiger partial charge is 0.370 e. The molecule has 0 saturated heterocycles. The van der Waals surface area contributed by atoms with Crippen molar-refractivity contribution in [3.8, 4) is 11.5 Å². The van der Waals surface area contributed by atoms with Crippen LogP contribution < -0.4 is 5.82 Å². The third kappa shape index (κ3) is 1.55. The van der Waals surface area contributed by atoms with E-state index >= 15 is 0 Å². The number of hydrogen-bond donors (Lipinski definition) is 0. The quantitative estimate of drug-likeness (QED) is 0.767. The number of benzene rings is 1. The van der Waals surface area contributed by atoms with Crippen LogP contribution in [0, 0.1) is 0 Å². The molecule has 0 fully saturated rings. The van der Waals surface area contributed by atoms with E-state index in [1.165, 1.54) is 0 Å². The van der Waals surface area contributed by atoms with Crippen molar-refractivity contribution in [3.63, 3.8) is 0 Å². The fourth-order valence-electron chi connectivity index (χ4n) is 0.934. The van der Waals surface area contributed by atoms with E-state index < -0.39 is 5.82 Å². The SMILES string of the molecule is O=c1onc(-c2ccccc2Br)o1. The molecular weight excluding hydrogens is 238 g/mol. The maximum atomic E-state index is 10.6. The highest BCUT2D eigenvalue weighted by atomic mass is 79.9. The zero-order valence-corrected chi connectivity index (χ0v) is 7.95. The Hall–Kier alpha value is -1.36. The summed E-state index contributed by atoms with van der Waals surface area (Å²) >= 11 is 3.30. The minimum Gasteiger partial charge on any atom is -0.370 e. The van der Waals surface area contributed by atoms with Crippen LogP contribution in [0.1, 0.15) is 0 Å². The normalized spacial score (nSPS) is 10.2. The zero-order chi connectivity index (χ0) is 9.26. The van der Waals surface area contributed by atoms with Crippen molar-refractivity contribution in [1.29, 1.82) is 0 Å². The average molecular weight is 242 g/mol. The van der Waals surface area contributed by atoms with E-state index in [-0.39, 0.29) is 5.89 Å². The topological polar surface area (TPSA) is 56.2 Å². The summed E-state index contributed by atoms with van der Waals surface area (Å²) in [7, 11) is 0. The lowest BCUT2D eigenvalue weighted by Gasteiger charge is -1.94. The van der Waals surface area contributed by atoms with Crippen LogP contribution in [0.15, 0.2) is 42.5 Å². The van der Waals surface area contributed by atoms with Crippen LogP contribution in [0.4, 0.5) is 0 Å². The van der Waals surface area contributed by atoms with Gasteiger partial charge < -0.3 is 4.42 Å². The second kappa shape index (κ2) is 3.18. The third-order valence-electron chi connectivity index (χ3n) is 1.49. The third-order valence-corrected chi connectivity index (χ3v) is 2.18. The number of rotatable bonds is 1. The molecule has 0 aliphatic rings. The largest absolute Gasteiger partial charge is 0.542 e. The molecule has 0 unspecified atom stereocenters. The van der Waals surface area contributed by atoms with Gasteiger partial charge in [-0.2, -0.15) is 0 Å². The van der Waals surface area contributed by atoms with Crippen LogP contribution in [0.3, 0.4) is 0 Å². The zero-order valence-electron chi connectivity index (χ0n) is 6.36. The first-order valence-corrected chi connectivity index (χ1v) is 4.28. The Morgan fingerprint density at radius 1 is 1.31 bits per heavy atom. The first-order chi connectivity index (χ1) is 6.27. The lowest BCUT2D eigenvalue weighted by Crippen LogP contribution is -1.85. The number of nitrogens with zero attached hydrogens (tertiary/aromatic N) is 1. The summed E-state index contributed by atoms with van der Waals surface area (Å²) < 4.78 is 9.77. The molecule has 0 saturated carbocycles. The number of halogens is 1. The van der Waals surface area contributed by atoms with Gasteiger partial charge in [0.1, 0.15) is 0 Å². The first-order valence-electron chi connectivity index (χ1n) is 3.49. The summed E-state index contributed by atoms with van der Waals surface area (Å²) in [5, 5.41) is 3.46. The predicted octanol–water partition coefficient (Wildman–Crippen LogP) is 2.06. The Morgan fingerprint density at radius 3 is 2.69 bits per heavy atom. The molecule has 1 aromatic heterocycles. The summed E-state index contributed by atoms with van der Waals surface area (Å²) in [6.07, 6.45) is 0. The van der Waals surface area contributed by atoms with Gasteiger partial charge in [-0.25, -0.2) is 4.79 Å². The van der Waals surface area contributed by atoms with E-state index in [2.05, 4.69) is 30.0 Å². The summed E-state index contributed by atoms with van der Waals surface area (Å²) in [6.45, 7) is 0. The van der Waals surface area contributed by atoms with Crippen LogP contribution in [0.25, 0.3) is 11.5 Å². The van der Waals surface area contributed by atoms with Crippen LogP contribution in [-0.2, 0) is 0 Å². The van der Waals surface area contributed by atoms with Gasteiger partial charge in [0, 0.05) is 4.47 Å². The molecule has 4 nitrogen and oxygen atoms in total. The van der Waals surface area contributed by atoms with Crippen molar-refractivity contribution in [2.75, 3.05) is 0 Å². The van der Waals surface area contributed by atoms with E-state index in [0.717, 1.165) is 4.47 Å². The molecule has 0 spiro atoms. The highest BCUT2D eigenvalue weighted by Gasteiger charge is 2.09. The molecule has 13 heavy (non-hydrogen) atoms. The van der Waals surface area contributed by atoms with Gasteiger partial charge in [-0.15, -0.1) is 0 Å². The fraction of sp³-hybridized carbons (Fsp3) is 0. The van der Waals surface area contributed by atoms with E-state index in [4.69, 9.17) is 0 Å². The highest BCUT2D eigenvalue weighted by molar-refractivity contribution is 9.10. The Bertz CT molecular complexity index is 474. The van der Waals surface area contributed by atoms with E-state index in [1.54, 1.807) is 6.07 Å². The van der Waals surface area contributed by atoms with Crippen LogP contribution in [0.2, 0.25) is 0 Å². The van der Waals surface area contributed by atoms with Gasteiger partial charge in [-0.1, -0.05) is 12.1 Å². The first kappa shape index (κ1) is 8.25. The molecule has 0 aliphatic heterocycles. The second-order valence-corrected chi connectivity index (χ2v) is 3.17. The van der Waals surface area contributed by atoms with Crippen molar-refractivity contribution in [2.24, 2.45) is 0 Å². The van der Waals surface area contributed by atoms with Gasteiger partial charge in [-0.05, 0) is 33.2 Å². The van der Waals surface area contributed by atoms with Crippen LogP contribution in [-0.4, -0.2) is 5.16 Å². The summed E-state index contributed by atoms with van der Waals surface area (Å²) in [4.78, 5) is 10.6. The average Bonchev–Trinajstić information content (AvgIpc) is 2.53. The molecule has 0 N–H and O–H groups in total. The van der Waals surface area contributed by atoms with Crippen molar-refractivity contribution in [3.05, 3.63) is 39.4 Å².